The maximum Gasteiger partial charge on any atom is 0.255 e. The van der Waals surface area contributed by atoms with E-state index in [1.165, 1.54) is 5.69 Å². The van der Waals surface area contributed by atoms with Gasteiger partial charge in [0.25, 0.3) is 5.91 Å². The first-order chi connectivity index (χ1) is 12.6. The first-order valence-corrected chi connectivity index (χ1v) is 8.86. The number of H-pyrrole nitrogens is 1. The molecule has 0 fully saturated rings. The van der Waals surface area contributed by atoms with Crippen LogP contribution in [0, 0.1) is 0 Å². The summed E-state index contributed by atoms with van der Waals surface area (Å²) in [6.07, 6.45) is 2.40. The highest BCUT2D eigenvalue weighted by Crippen LogP contribution is 2.22. The number of hydrogen-bond acceptors (Lipinski definition) is 3. The summed E-state index contributed by atoms with van der Waals surface area (Å²) in [4.78, 5) is 14.6. The second kappa shape index (κ2) is 8.54. The average molecular weight is 369 g/mol. The molecule has 0 radical (unpaired) electrons. The Bertz CT molecular complexity index is 846. The van der Waals surface area contributed by atoms with E-state index in [-0.39, 0.29) is 5.91 Å². The van der Waals surface area contributed by atoms with Gasteiger partial charge in [-0.3, -0.25) is 9.89 Å². The zero-order chi connectivity index (χ0) is 18.4. The zero-order valence-electron chi connectivity index (χ0n) is 14.6. The van der Waals surface area contributed by atoms with Gasteiger partial charge in [0.15, 0.2) is 0 Å². The minimum Gasteiger partial charge on any atom is -0.375 e. The van der Waals surface area contributed by atoms with Crippen LogP contribution in [-0.4, -0.2) is 36.2 Å². The van der Waals surface area contributed by atoms with Crippen molar-refractivity contribution in [3.63, 3.8) is 0 Å². The molecule has 1 amide bonds. The lowest BCUT2D eigenvalue weighted by molar-refractivity contribution is 0.0954. The maximum atomic E-state index is 12.5. The third-order valence-electron chi connectivity index (χ3n) is 4.17. The minimum absolute atomic E-state index is 0.133. The molecule has 0 unspecified atom stereocenters. The molecule has 0 aliphatic carbocycles. The van der Waals surface area contributed by atoms with Crippen LogP contribution in [0.4, 0.5) is 5.69 Å². The Morgan fingerprint density at radius 3 is 2.62 bits per heavy atom. The molecule has 2 aromatic carbocycles. The fourth-order valence-corrected chi connectivity index (χ4v) is 2.85. The lowest BCUT2D eigenvalue weighted by atomic mass is 10.1. The highest BCUT2D eigenvalue weighted by atomic mass is 35.5. The van der Waals surface area contributed by atoms with Gasteiger partial charge in [-0.2, -0.15) is 5.10 Å². The van der Waals surface area contributed by atoms with Gasteiger partial charge in [0, 0.05) is 36.4 Å². The number of aromatic nitrogens is 2. The monoisotopic (exact) mass is 368 g/mol. The van der Waals surface area contributed by atoms with Crippen molar-refractivity contribution in [1.29, 1.82) is 0 Å². The second-order valence-electron chi connectivity index (χ2n) is 6.03. The van der Waals surface area contributed by atoms with Crippen LogP contribution in [-0.2, 0) is 0 Å². The molecular weight excluding hydrogens is 348 g/mol. The number of rotatable bonds is 7. The standard InChI is InChI=1S/C20H21ClN4O/c1-25(17-6-3-2-4-7-17)13-5-12-22-20(26)18-14-23-24-19(18)15-8-10-16(21)11-9-15/h2-4,6-11,14H,5,12-13H2,1H3,(H,22,26)(H,23,24). The molecule has 3 rings (SSSR count). The van der Waals surface area contributed by atoms with E-state index in [0.29, 0.717) is 22.8 Å². The first-order valence-electron chi connectivity index (χ1n) is 8.49. The topological polar surface area (TPSA) is 61.0 Å². The number of carbonyl (C=O) groups excluding carboxylic acids is 1. The lowest BCUT2D eigenvalue weighted by Gasteiger charge is -2.19. The molecule has 0 saturated heterocycles. The van der Waals surface area contributed by atoms with E-state index in [1.807, 2.05) is 37.4 Å². The molecule has 1 heterocycles. The van der Waals surface area contributed by atoms with Crippen LogP contribution in [0.15, 0.2) is 60.8 Å². The zero-order valence-corrected chi connectivity index (χ0v) is 15.3. The van der Waals surface area contributed by atoms with Crippen molar-refractivity contribution in [3.05, 3.63) is 71.4 Å². The molecule has 3 aromatic rings. The van der Waals surface area contributed by atoms with Gasteiger partial charge >= 0.3 is 0 Å². The summed E-state index contributed by atoms with van der Waals surface area (Å²) in [7, 11) is 2.05. The van der Waals surface area contributed by atoms with Gasteiger partial charge in [0.2, 0.25) is 0 Å². The van der Waals surface area contributed by atoms with E-state index < -0.39 is 0 Å². The molecule has 0 spiro atoms. The minimum atomic E-state index is -0.133. The van der Waals surface area contributed by atoms with Crippen molar-refractivity contribution in [2.75, 3.05) is 25.0 Å². The Kier molecular flexibility index (Phi) is 5.92. The number of halogens is 1. The van der Waals surface area contributed by atoms with Crippen LogP contribution in [0.5, 0.6) is 0 Å². The van der Waals surface area contributed by atoms with Crippen molar-refractivity contribution in [3.8, 4) is 11.3 Å². The number of para-hydroxylation sites is 1. The number of benzene rings is 2. The van der Waals surface area contributed by atoms with Gasteiger partial charge in [0.05, 0.1) is 17.5 Å². The molecule has 0 bridgehead atoms. The summed E-state index contributed by atoms with van der Waals surface area (Å²) in [5.41, 5.74) is 3.27. The fourth-order valence-electron chi connectivity index (χ4n) is 2.72. The van der Waals surface area contributed by atoms with E-state index in [0.717, 1.165) is 18.5 Å². The third kappa shape index (κ3) is 4.43. The van der Waals surface area contributed by atoms with Crippen LogP contribution >= 0.6 is 11.6 Å². The third-order valence-corrected chi connectivity index (χ3v) is 4.42. The highest BCUT2D eigenvalue weighted by molar-refractivity contribution is 6.30. The number of nitrogens with one attached hydrogen (secondary N) is 2. The summed E-state index contributed by atoms with van der Waals surface area (Å²) in [5.74, 6) is -0.133. The number of amides is 1. The highest BCUT2D eigenvalue weighted by Gasteiger charge is 2.14. The molecule has 0 saturated carbocycles. The largest absolute Gasteiger partial charge is 0.375 e. The molecule has 1 aromatic heterocycles. The Balaban J connectivity index is 1.53. The predicted molar refractivity (Wildman–Crippen MR) is 106 cm³/mol. The Labute approximate surface area is 158 Å². The number of nitrogens with zero attached hydrogens (tertiary/aromatic N) is 2. The van der Waals surface area contributed by atoms with E-state index in [4.69, 9.17) is 11.6 Å². The molecule has 0 atom stereocenters. The normalized spacial score (nSPS) is 10.5. The molecule has 26 heavy (non-hydrogen) atoms. The van der Waals surface area contributed by atoms with Crippen LogP contribution in [0.3, 0.4) is 0 Å². The van der Waals surface area contributed by atoms with Crippen LogP contribution in [0.25, 0.3) is 11.3 Å². The molecule has 6 heteroatoms. The van der Waals surface area contributed by atoms with Crippen LogP contribution < -0.4 is 10.2 Å². The van der Waals surface area contributed by atoms with Gasteiger partial charge in [-0.25, -0.2) is 0 Å². The van der Waals surface area contributed by atoms with Crippen molar-refractivity contribution < 1.29 is 4.79 Å². The summed E-state index contributed by atoms with van der Waals surface area (Å²) in [5, 5.41) is 10.5. The second-order valence-corrected chi connectivity index (χ2v) is 6.47. The van der Waals surface area contributed by atoms with Gasteiger partial charge in [-0.05, 0) is 30.7 Å². The van der Waals surface area contributed by atoms with Crippen molar-refractivity contribution in [2.24, 2.45) is 0 Å². The average Bonchev–Trinajstić information content (AvgIpc) is 3.16. The van der Waals surface area contributed by atoms with E-state index in [1.54, 1.807) is 18.3 Å². The number of anilines is 1. The number of carbonyl (C=O) groups is 1. The van der Waals surface area contributed by atoms with Gasteiger partial charge < -0.3 is 10.2 Å². The maximum absolute atomic E-state index is 12.5. The Morgan fingerprint density at radius 2 is 1.88 bits per heavy atom. The van der Waals surface area contributed by atoms with Crippen molar-refractivity contribution in [1.82, 2.24) is 15.5 Å². The van der Waals surface area contributed by atoms with E-state index in [9.17, 15) is 4.79 Å². The SMILES string of the molecule is CN(CCCNC(=O)c1cn[nH]c1-c1ccc(Cl)cc1)c1ccccc1. The molecule has 2 N–H and O–H groups in total. The number of aromatic amines is 1. The van der Waals surface area contributed by atoms with Gasteiger partial charge in [-0.15, -0.1) is 0 Å². The van der Waals surface area contributed by atoms with Crippen molar-refractivity contribution >= 4 is 23.2 Å². The summed E-state index contributed by atoms with van der Waals surface area (Å²) >= 11 is 5.92. The molecular formula is C20H21ClN4O. The van der Waals surface area contributed by atoms with Gasteiger partial charge in [0.1, 0.15) is 0 Å². The molecule has 0 aliphatic rings. The smallest absolute Gasteiger partial charge is 0.255 e. The summed E-state index contributed by atoms with van der Waals surface area (Å²) < 4.78 is 0. The van der Waals surface area contributed by atoms with E-state index >= 15 is 0 Å². The molecule has 134 valence electrons. The summed E-state index contributed by atoms with van der Waals surface area (Å²) in [6.45, 7) is 1.46. The Morgan fingerprint density at radius 1 is 1.15 bits per heavy atom. The molecule has 0 aliphatic heterocycles. The number of hydrogen-bond donors (Lipinski definition) is 2. The lowest BCUT2D eigenvalue weighted by Crippen LogP contribution is -2.28. The van der Waals surface area contributed by atoms with Crippen molar-refractivity contribution in [2.45, 2.75) is 6.42 Å². The summed E-state index contributed by atoms with van der Waals surface area (Å²) in [6, 6.07) is 17.5. The van der Waals surface area contributed by atoms with E-state index in [2.05, 4.69) is 32.5 Å². The molecule has 5 nitrogen and oxygen atoms in total. The van der Waals surface area contributed by atoms with Crippen LogP contribution in [0.1, 0.15) is 16.8 Å². The Hall–Kier alpha value is -2.79. The fraction of sp³-hybridized carbons (Fsp3) is 0.200. The van der Waals surface area contributed by atoms with Gasteiger partial charge in [-0.1, -0.05) is 41.9 Å². The predicted octanol–water partition coefficient (Wildman–Crippen LogP) is 3.99. The first kappa shape index (κ1) is 18.0. The quantitative estimate of drug-likeness (QED) is 0.620. The van der Waals surface area contributed by atoms with Crippen LogP contribution in [0.2, 0.25) is 5.02 Å².